The van der Waals surface area contributed by atoms with E-state index in [9.17, 15) is 14.4 Å². The van der Waals surface area contributed by atoms with E-state index in [4.69, 9.17) is 4.74 Å². The smallest absolute Gasteiger partial charge is 0.246 e. The van der Waals surface area contributed by atoms with E-state index in [0.717, 1.165) is 77.0 Å². The van der Waals surface area contributed by atoms with Gasteiger partial charge in [0.05, 0.1) is 17.9 Å². The number of likely N-dealkylation sites (tertiary alicyclic amines) is 1. The van der Waals surface area contributed by atoms with E-state index in [1.165, 1.54) is 0 Å². The lowest BCUT2D eigenvalue weighted by Gasteiger charge is -2.36. The van der Waals surface area contributed by atoms with Crippen LogP contribution in [0.4, 0.5) is 0 Å². The summed E-state index contributed by atoms with van der Waals surface area (Å²) in [5, 5.41) is 6.44. The largest absolute Gasteiger partial charge is 0.359 e. The summed E-state index contributed by atoms with van der Waals surface area (Å²) in [6.45, 7) is 0. The van der Waals surface area contributed by atoms with Crippen LogP contribution in [-0.4, -0.2) is 58.5 Å². The molecule has 0 unspecified atom stereocenters. The first kappa shape index (κ1) is 20.7. The Bertz CT molecular complexity index is 825. The number of nitrogens with one attached hydrogen (secondary N) is 2. The summed E-state index contributed by atoms with van der Waals surface area (Å²) < 4.78 is 6.45. The maximum atomic E-state index is 13.9. The molecule has 3 saturated carbocycles. The standard InChI is InChI=1S/C25H35N3O4/c29-22(26-15-7-1-2-8-15)19-18-13-14-25(32-18)20(19)24(31)28(17-11-5-6-12-17)21(25)23(30)27-16-9-3-4-10-16/h13-21H,1-12H2,(H,26,29)(H,27,30)/t18-,19-,20+,21+,25-/m1/s1. The van der Waals surface area contributed by atoms with Gasteiger partial charge >= 0.3 is 0 Å². The molecular weight excluding hydrogens is 406 g/mol. The predicted octanol–water partition coefficient (Wildman–Crippen LogP) is 2.20. The molecule has 2 bridgehead atoms. The van der Waals surface area contributed by atoms with Gasteiger partial charge in [-0.3, -0.25) is 14.4 Å². The lowest BCUT2D eigenvalue weighted by atomic mass is 9.74. The molecule has 0 aromatic rings. The number of carbonyl (C=O) groups excluding carboxylic acids is 3. The van der Waals surface area contributed by atoms with Gasteiger partial charge in [-0.15, -0.1) is 0 Å². The minimum absolute atomic E-state index is 0.0538. The zero-order valence-electron chi connectivity index (χ0n) is 18.8. The number of rotatable bonds is 5. The Morgan fingerprint density at radius 3 is 2.06 bits per heavy atom. The molecule has 2 saturated heterocycles. The van der Waals surface area contributed by atoms with Crippen molar-refractivity contribution in [3.8, 4) is 0 Å². The molecular formula is C25H35N3O4. The van der Waals surface area contributed by atoms with Crippen LogP contribution in [0.1, 0.15) is 77.0 Å². The van der Waals surface area contributed by atoms with Gasteiger partial charge in [-0.1, -0.05) is 50.7 Å². The van der Waals surface area contributed by atoms with Crippen LogP contribution in [0.5, 0.6) is 0 Å². The summed E-state index contributed by atoms with van der Waals surface area (Å²) in [5.74, 6) is -1.36. The Morgan fingerprint density at radius 2 is 1.44 bits per heavy atom. The topological polar surface area (TPSA) is 87.7 Å². The van der Waals surface area contributed by atoms with Gasteiger partial charge in [-0.2, -0.15) is 0 Å². The summed E-state index contributed by atoms with van der Waals surface area (Å²) in [7, 11) is 0. The zero-order chi connectivity index (χ0) is 21.9. The molecule has 0 radical (unpaired) electrons. The molecule has 3 heterocycles. The Hall–Kier alpha value is -1.89. The van der Waals surface area contributed by atoms with Gasteiger partial charge in [-0.25, -0.2) is 0 Å². The van der Waals surface area contributed by atoms with Crippen molar-refractivity contribution < 1.29 is 19.1 Å². The van der Waals surface area contributed by atoms with Crippen LogP contribution in [0, 0.1) is 11.8 Å². The van der Waals surface area contributed by atoms with Crippen molar-refractivity contribution >= 4 is 17.7 Å². The summed E-state index contributed by atoms with van der Waals surface area (Å²) in [4.78, 5) is 42.8. The molecule has 174 valence electrons. The van der Waals surface area contributed by atoms with E-state index in [0.29, 0.717) is 0 Å². The van der Waals surface area contributed by atoms with Gasteiger partial charge in [0.25, 0.3) is 0 Å². The molecule has 5 fully saturated rings. The highest BCUT2D eigenvalue weighted by Crippen LogP contribution is 2.56. The molecule has 3 aliphatic heterocycles. The molecule has 7 nitrogen and oxygen atoms in total. The molecule has 1 spiro atoms. The van der Waals surface area contributed by atoms with Crippen molar-refractivity contribution in [3.05, 3.63) is 12.2 Å². The first-order valence-corrected chi connectivity index (χ1v) is 12.9. The van der Waals surface area contributed by atoms with Crippen LogP contribution >= 0.6 is 0 Å². The fraction of sp³-hybridized carbons (Fsp3) is 0.800. The number of carbonyl (C=O) groups is 3. The van der Waals surface area contributed by atoms with Crippen LogP contribution in [0.25, 0.3) is 0 Å². The van der Waals surface area contributed by atoms with Gasteiger partial charge in [0.2, 0.25) is 17.7 Å². The predicted molar refractivity (Wildman–Crippen MR) is 117 cm³/mol. The van der Waals surface area contributed by atoms with Crippen molar-refractivity contribution in [1.29, 1.82) is 0 Å². The zero-order valence-corrected chi connectivity index (χ0v) is 18.8. The highest BCUT2D eigenvalue weighted by molar-refractivity contribution is 6.00. The Kier molecular flexibility index (Phi) is 5.08. The molecule has 2 N–H and O–H groups in total. The third-order valence-electron chi connectivity index (χ3n) is 8.98. The van der Waals surface area contributed by atoms with Gasteiger partial charge in [0, 0.05) is 18.1 Å². The second-order valence-corrected chi connectivity index (χ2v) is 10.9. The van der Waals surface area contributed by atoms with E-state index in [1.54, 1.807) is 0 Å². The van der Waals surface area contributed by atoms with Gasteiger partial charge in [0.15, 0.2) is 0 Å². The summed E-state index contributed by atoms with van der Waals surface area (Å²) >= 11 is 0. The SMILES string of the molecule is O=C(NC1CCCC1)[C@H]1[C@H]2C(=O)N(C3CCCC3)[C@@H](C(=O)NC3CCCC3)[C@@]23C=C[C@H]1O3. The fourth-order valence-electron chi connectivity index (χ4n) is 7.50. The number of fused-ring (bicyclic) bond motifs is 1. The van der Waals surface area contributed by atoms with E-state index in [2.05, 4.69) is 10.6 Å². The fourth-order valence-corrected chi connectivity index (χ4v) is 7.50. The molecule has 6 rings (SSSR count). The first-order valence-electron chi connectivity index (χ1n) is 12.9. The van der Waals surface area contributed by atoms with Crippen LogP contribution in [0.2, 0.25) is 0 Å². The van der Waals surface area contributed by atoms with Crippen LogP contribution in [0.15, 0.2) is 12.2 Å². The Labute approximate surface area is 189 Å². The second-order valence-electron chi connectivity index (χ2n) is 10.9. The second kappa shape index (κ2) is 7.86. The van der Waals surface area contributed by atoms with E-state index < -0.39 is 29.6 Å². The average molecular weight is 442 g/mol. The van der Waals surface area contributed by atoms with Gasteiger partial charge < -0.3 is 20.3 Å². The van der Waals surface area contributed by atoms with Crippen molar-refractivity contribution in [2.75, 3.05) is 0 Å². The van der Waals surface area contributed by atoms with Crippen LogP contribution < -0.4 is 10.6 Å². The molecule has 3 aliphatic carbocycles. The Balaban J connectivity index is 1.31. The number of hydrogen-bond acceptors (Lipinski definition) is 4. The van der Waals surface area contributed by atoms with E-state index in [-0.39, 0.29) is 35.8 Å². The molecule has 32 heavy (non-hydrogen) atoms. The van der Waals surface area contributed by atoms with Gasteiger partial charge in [0.1, 0.15) is 11.6 Å². The summed E-state index contributed by atoms with van der Waals surface area (Å²) in [6, 6.07) is -0.224. The maximum absolute atomic E-state index is 13.9. The van der Waals surface area contributed by atoms with Crippen molar-refractivity contribution in [3.63, 3.8) is 0 Å². The molecule has 6 aliphatic rings. The van der Waals surface area contributed by atoms with Crippen molar-refractivity contribution in [2.45, 2.75) is 113 Å². The Morgan fingerprint density at radius 1 is 0.875 bits per heavy atom. The van der Waals surface area contributed by atoms with Crippen LogP contribution in [-0.2, 0) is 19.1 Å². The number of ether oxygens (including phenoxy) is 1. The maximum Gasteiger partial charge on any atom is 0.246 e. The molecule has 7 heteroatoms. The van der Waals surface area contributed by atoms with E-state index >= 15 is 0 Å². The van der Waals surface area contributed by atoms with Gasteiger partial charge in [-0.05, 0) is 38.5 Å². The van der Waals surface area contributed by atoms with E-state index in [1.807, 2.05) is 17.1 Å². The average Bonchev–Trinajstić information content (AvgIpc) is 3.58. The molecule has 0 aromatic heterocycles. The summed E-state index contributed by atoms with van der Waals surface area (Å²) in [5.41, 5.74) is -1.01. The highest BCUT2D eigenvalue weighted by Gasteiger charge is 2.73. The minimum Gasteiger partial charge on any atom is -0.359 e. The van der Waals surface area contributed by atoms with Crippen LogP contribution in [0.3, 0.4) is 0 Å². The number of hydrogen-bond donors (Lipinski definition) is 2. The molecule has 0 aromatic carbocycles. The third-order valence-corrected chi connectivity index (χ3v) is 8.98. The molecule has 3 amide bonds. The lowest BCUT2D eigenvalue weighted by molar-refractivity contribution is -0.144. The third kappa shape index (κ3) is 3.06. The normalized spacial score (nSPS) is 39.4. The van der Waals surface area contributed by atoms with Crippen molar-refractivity contribution in [2.24, 2.45) is 11.8 Å². The molecule has 5 atom stereocenters. The minimum atomic E-state index is -1.01. The quantitative estimate of drug-likeness (QED) is 0.641. The highest BCUT2D eigenvalue weighted by atomic mass is 16.5. The summed E-state index contributed by atoms with van der Waals surface area (Å²) in [6.07, 6.45) is 16.0. The number of amides is 3. The first-order chi connectivity index (χ1) is 15.6. The van der Waals surface area contributed by atoms with Crippen molar-refractivity contribution in [1.82, 2.24) is 15.5 Å². The number of nitrogens with zero attached hydrogens (tertiary/aromatic N) is 1. The lowest BCUT2D eigenvalue weighted by Crippen LogP contribution is -2.57. The monoisotopic (exact) mass is 441 g/mol.